The third-order valence-corrected chi connectivity index (χ3v) is 6.35. The number of nitrogens with one attached hydrogen (secondary N) is 1. The molecule has 1 spiro atoms. The van der Waals surface area contributed by atoms with Crippen LogP contribution in [0.5, 0.6) is 0 Å². The van der Waals surface area contributed by atoms with Crippen molar-refractivity contribution < 1.29 is 4.79 Å². The molecule has 0 aromatic carbocycles. The number of amides is 1. The van der Waals surface area contributed by atoms with Crippen LogP contribution in [0.4, 0.5) is 0 Å². The zero-order chi connectivity index (χ0) is 16.7. The standard InChI is InChI=1S/C18H24N4OS/c1-12(2)15-19-16(21-20-15)14-9-22(11-18(14)6-3-4-7-18)17(23)13-5-8-24-10-13/h5,8,10,12,14H,3-4,6-7,9,11H2,1-2H3,(H,19,20,21). The Morgan fingerprint density at radius 3 is 2.83 bits per heavy atom. The van der Waals surface area contributed by atoms with E-state index in [2.05, 4.69) is 24.0 Å². The molecule has 1 saturated heterocycles. The molecule has 2 aliphatic rings. The van der Waals surface area contributed by atoms with Crippen molar-refractivity contribution in [2.45, 2.75) is 51.4 Å². The first kappa shape index (κ1) is 15.8. The van der Waals surface area contributed by atoms with Gasteiger partial charge < -0.3 is 4.90 Å². The number of hydrogen-bond donors (Lipinski definition) is 1. The van der Waals surface area contributed by atoms with E-state index in [4.69, 9.17) is 4.98 Å². The van der Waals surface area contributed by atoms with Gasteiger partial charge in [-0.2, -0.15) is 16.4 Å². The number of thiophene rings is 1. The molecule has 128 valence electrons. The molecule has 6 heteroatoms. The molecule has 1 amide bonds. The SMILES string of the molecule is CC(C)c1n[nH]c(C2CN(C(=O)c3ccsc3)CC23CCCC3)n1. The number of aromatic amines is 1. The van der Waals surface area contributed by atoms with Crippen LogP contribution in [0.15, 0.2) is 16.8 Å². The maximum atomic E-state index is 12.8. The predicted molar refractivity (Wildman–Crippen MR) is 94.3 cm³/mol. The van der Waals surface area contributed by atoms with Gasteiger partial charge in [-0.25, -0.2) is 4.98 Å². The van der Waals surface area contributed by atoms with Gasteiger partial charge in [0.25, 0.3) is 5.91 Å². The van der Waals surface area contributed by atoms with Crippen LogP contribution < -0.4 is 0 Å². The number of H-pyrrole nitrogens is 1. The van der Waals surface area contributed by atoms with Crippen molar-refractivity contribution in [3.63, 3.8) is 0 Å². The first-order valence-electron chi connectivity index (χ1n) is 8.83. The summed E-state index contributed by atoms with van der Waals surface area (Å²) in [6.07, 6.45) is 4.87. The molecular formula is C18H24N4OS. The number of carbonyl (C=O) groups excluding carboxylic acids is 1. The van der Waals surface area contributed by atoms with Gasteiger partial charge in [0.05, 0.1) is 5.56 Å². The minimum atomic E-state index is 0.161. The van der Waals surface area contributed by atoms with Crippen molar-refractivity contribution >= 4 is 17.2 Å². The molecule has 4 rings (SSSR count). The van der Waals surface area contributed by atoms with Gasteiger partial charge in [0.1, 0.15) is 5.82 Å². The quantitative estimate of drug-likeness (QED) is 0.921. The van der Waals surface area contributed by atoms with Gasteiger partial charge in [-0.05, 0) is 29.7 Å². The summed E-state index contributed by atoms with van der Waals surface area (Å²) < 4.78 is 0. The first-order valence-corrected chi connectivity index (χ1v) is 9.77. The Balaban J connectivity index is 1.63. The van der Waals surface area contributed by atoms with E-state index in [9.17, 15) is 4.79 Å². The molecule has 2 aromatic heterocycles. The lowest BCUT2D eigenvalue weighted by atomic mass is 9.76. The summed E-state index contributed by atoms with van der Waals surface area (Å²) in [4.78, 5) is 19.6. The molecule has 1 atom stereocenters. The maximum absolute atomic E-state index is 12.8. The van der Waals surface area contributed by atoms with Crippen molar-refractivity contribution in [2.75, 3.05) is 13.1 Å². The molecular weight excluding hydrogens is 320 g/mol. The van der Waals surface area contributed by atoms with E-state index in [1.165, 1.54) is 25.7 Å². The van der Waals surface area contributed by atoms with Gasteiger partial charge in [-0.1, -0.05) is 26.7 Å². The van der Waals surface area contributed by atoms with Crippen LogP contribution in [0.1, 0.15) is 73.4 Å². The van der Waals surface area contributed by atoms with Crippen molar-refractivity contribution in [3.8, 4) is 0 Å². The molecule has 1 unspecified atom stereocenters. The maximum Gasteiger partial charge on any atom is 0.254 e. The van der Waals surface area contributed by atoms with E-state index in [0.29, 0.717) is 5.92 Å². The Kier molecular flexibility index (Phi) is 3.95. The smallest absolute Gasteiger partial charge is 0.254 e. The van der Waals surface area contributed by atoms with Gasteiger partial charge in [0.2, 0.25) is 0 Å². The molecule has 24 heavy (non-hydrogen) atoms. The summed E-state index contributed by atoms with van der Waals surface area (Å²) in [7, 11) is 0. The molecule has 1 aliphatic carbocycles. The third-order valence-electron chi connectivity index (χ3n) is 5.67. The predicted octanol–water partition coefficient (Wildman–Crippen LogP) is 3.79. The number of likely N-dealkylation sites (tertiary alicyclic amines) is 1. The summed E-state index contributed by atoms with van der Waals surface area (Å²) in [6, 6.07) is 1.92. The molecule has 1 aliphatic heterocycles. The average molecular weight is 344 g/mol. The largest absolute Gasteiger partial charge is 0.337 e. The van der Waals surface area contributed by atoms with E-state index in [0.717, 1.165) is 30.3 Å². The van der Waals surface area contributed by atoms with Crippen LogP contribution in [0.2, 0.25) is 0 Å². The van der Waals surface area contributed by atoms with Crippen molar-refractivity contribution in [1.82, 2.24) is 20.1 Å². The number of aromatic nitrogens is 3. The van der Waals surface area contributed by atoms with Gasteiger partial charge in [-0.15, -0.1) is 0 Å². The Morgan fingerprint density at radius 1 is 1.42 bits per heavy atom. The van der Waals surface area contributed by atoms with Crippen LogP contribution in [0.25, 0.3) is 0 Å². The molecule has 1 N–H and O–H groups in total. The summed E-state index contributed by atoms with van der Waals surface area (Å²) in [5.41, 5.74) is 0.994. The first-order chi connectivity index (χ1) is 11.6. The average Bonchev–Trinajstić information content (AvgIpc) is 3.36. The van der Waals surface area contributed by atoms with Crippen LogP contribution in [-0.4, -0.2) is 39.1 Å². The van der Waals surface area contributed by atoms with E-state index in [1.54, 1.807) is 11.3 Å². The topological polar surface area (TPSA) is 61.9 Å². The van der Waals surface area contributed by atoms with Crippen molar-refractivity contribution in [2.24, 2.45) is 5.41 Å². The highest BCUT2D eigenvalue weighted by molar-refractivity contribution is 7.08. The monoisotopic (exact) mass is 344 g/mol. The van der Waals surface area contributed by atoms with Crippen LogP contribution in [0.3, 0.4) is 0 Å². The summed E-state index contributed by atoms with van der Waals surface area (Å²) >= 11 is 1.58. The third kappa shape index (κ3) is 2.57. The minimum Gasteiger partial charge on any atom is -0.337 e. The summed E-state index contributed by atoms with van der Waals surface area (Å²) in [5.74, 6) is 2.61. The normalized spacial score (nSPS) is 22.8. The molecule has 3 heterocycles. The van der Waals surface area contributed by atoms with Gasteiger partial charge in [0.15, 0.2) is 5.82 Å². The van der Waals surface area contributed by atoms with Crippen molar-refractivity contribution in [1.29, 1.82) is 0 Å². The lowest BCUT2D eigenvalue weighted by Crippen LogP contribution is -2.31. The molecule has 5 nitrogen and oxygen atoms in total. The van der Waals surface area contributed by atoms with Crippen molar-refractivity contribution in [3.05, 3.63) is 34.0 Å². The Hall–Kier alpha value is -1.69. The lowest BCUT2D eigenvalue weighted by molar-refractivity contribution is 0.0774. The zero-order valence-corrected chi connectivity index (χ0v) is 15.1. The number of rotatable bonds is 3. The highest BCUT2D eigenvalue weighted by Crippen LogP contribution is 2.53. The second-order valence-electron chi connectivity index (χ2n) is 7.55. The number of carbonyl (C=O) groups is 1. The molecule has 2 aromatic rings. The van der Waals surface area contributed by atoms with Crippen LogP contribution >= 0.6 is 11.3 Å². The molecule has 0 bridgehead atoms. The second-order valence-corrected chi connectivity index (χ2v) is 8.33. The molecule has 2 fully saturated rings. The molecule has 0 radical (unpaired) electrons. The Labute approximate surface area is 146 Å². The fourth-order valence-electron chi connectivity index (χ4n) is 4.36. The lowest BCUT2D eigenvalue weighted by Gasteiger charge is -2.28. The fraction of sp³-hybridized carbons (Fsp3) is 0.611. The highest BCUT2D eigenvalue weighted by Gasteiger charge is 2.51. The second kappa shape index (κ2) is 5.99. The van der Waals surface area contributed by atoms with Crippen LogP contribution in [0, 0.1) is 5.41 Å². The zero-order valence-electron chi connectivity index (χ0n) is 14.3. The van der Waals surface area contributed by atoms with E-state index < -0.39 is 0 Å². The highest BCUT2D eigenvalue weighted by atomic mass is 32.1. The van der Waals surface area contributed by atoms with Gasteiger partial charge in [0, 0.05) is 30.3 Å². The summed E-state index contributed by atoms with van der Waals surface area (Å²) in [6.45, 7) is 5.82. The van der Waals surface area contributed by atoms with Gasteiger partial charge >= 0.3 is 0 Å². The number of hydrogen-bond acceptors (Lipinski definition) is 4. The Morgan fingerprint density at radius 2 is 2.21 bits per heavy atom. The Bertz CT molecular complexity index is 715. The number of nitrogens with zero attached hydrogens (tertiary/aromatic N) is 3. The summed E-state index contributed by atoms with van der Waals surface area (Å²) in [5, 5.41) is 11.5. The van der Waals surface area contributed by atoms with E-state index in [1.807, 2.05) is 21.7 Å². The van der Waals surface area contributed by atoms with Gasteiger partial charge in [-0.3, -0.25) is 9.89 Å². The minimum absolute atomic E-state index is 0.161. The van der Waals surface area contributed by atoms with Crippen LogP contribution in [-0.2, 0) is 0 Å². The fourth-order valence-corrected chi connectivity index (χ4v) is 4.99. The van der Waals surface area contributed by atoms with E-state index >= 15 is 0 Å². The molecule has 1 saturated carbocycles. The van der Waals surface area contributed by atoms with E-state index in [-0.39, 0.29) is 17.2 Å².